The maximum Gasteiger partial charge on any atom is 0.416 e. The van der Waals surface area contributed by atoms with Gasteiger partial charge in [-0.15, -0.1) is 0 Å². The number of carbonyl (C=O) groups is 1. The Hall–Kier alpha value is -2.64. The molecule has 24 heavy (non-hydrogen) atoms. The standard InChI is InChI=1S/C16H17F3N4O/c1-11(13-5-3-4-6-14(13)16(17,18)19)7-15(24)22-12(2)8-23-10-20-9-21-23/h3-7,9-10,12H,8H2,1-2H3,(H,22,24)/b11-7+/t12-/m0/s1. The molecule has 2 rings (SSSR count). The molecule has 1 amide bonds. The number of rotatable bonds is 5. The van der Waals surface area contributed by atoms with E-state index in [4.69, 9.17) is 0 Å². The van der Waals surface area contributed by atoms with Crippen molar-refractivity contribution in [1.82, 2.24) is 20.1 Å². The molecular formula is C16H17F3N4O. The zero-order valence-electron chi connectivity index (χ0n) is 13.2. The van der Waals surface area contributed by atoms with Crippen LogP contribution in [0.15, 0.2) is 43.0 Å². The number of hydrogen-bond donors (Lipinski definition) is 1. The van der Waals surface area contributed by atoms with Gasteiger partial charge in [0.15, 0.2) is 0 Å². The molecule has 1 atom stereocenters. The van der Waals surface area contributed by atoms with Crippen molar-refractivity contribution in [3.8, 4) is 0 Å². The topological polar surface area (TPSA) is 59.8 Å². The number of halogens is 3. The minimum Gasteiger partial charge on any atom is -0.348 e. The predicted molar refractivity (Wildman–Crippen MR) is 82.7 cm³/mol. The van der Waals surface area contributed by atoms with Gasteiger partial charge in [-0.3, -0.25) is 9.48 Å². The maximum atomic E-state index is 13.0. The van der Waals surface area contributed by atoms with Crippen molar-refractivity contribution in [3.05, 3.63) is 54.1 Å². The number of nitrogens with zero attached hydrogens (tertiary/aromatic N) is 3. The molecule has 0 aliphatic heterocycles. The zero-order chi connectivity index (χ0) is 17.7. The number of alkyl halides is 3. The molecule has 0 aliphatic rings. The number of carbonyl (C=O) groups excluding carboxylic acids is 1. The summed E-state index contributed by atoms with van der Waals surface area (Å²) in [5.41, 5.74) is -0.528. The van der Waals surface area contributed by atoms with E-state index in [0.29, 0.717) is 6.54 Å². The molecule has 0 saturated carbocycles. The number of aromatic nitrogens is 3. The maximum absolute atomic E-state index is 13.0. The Morgan fingerprint density at radius 2 is 2.08 bits per heavy atom. The molecule has 1 heterocycles. The monoisotopic (exact) mass is 338 g/mol. The van der Waals surface area contributed by atoms with E-state index in [0.717, 1.165) is 6.07 Å². The van der Waals surface area contributed by atoms with Crippen molar-refractivity contribution in [2.75, 3.05) is 0 Å². The molecule has 128 valence electrons. The fourth-order valence-electron chi connectivity index (χ4n) is 2.29. The lowest BCUT2D eigenvalue weighted by atomic mass is 10.00. The van der Waals surface area contributed by atoms with Crippen molar-refractivity contribution in [2.45, 2.75) is 32.6 Å². The van der Waals surface area contributed by atoms with E-state index in [1.165, 1.54) is 43.9 Å². The fourth-order valence-corrected chi connectivity index (χ4v) is 2.29. The van der Waals surface area contributed by atoms with Crippen molar-refractivity contribution < 1.29 is 18.0 Å². The predicted octanol–water partition coefficient (Wildman–Crippen LogP) is 2.91. The zero-order valence-corrected chi connectivity index (χ0v) is 13.2. The lowest BCUT2D eigenvalue weighted by Crippen LogP contribution is -2.34. The summed E-state index contributed by atoms with van der Waals surface area (Å²) >= 11 is 0. The third-order valence-electron chi connectivity index (χ3n) is 3.32. The number of hydrogen-bond acceptors (Lipinski definition) is 3. The van der Waals surface area contributed by atoms with Crippen LogP contribution < -0.4 is 5.32 Å². The normalized spacial score (nSPS) is 13.6. The van der Waals surface area contributed by atoms with Gasteiger partial charge in [0.25, 0.3) is 0 Å². The van der Waals surface area contributed by atoms with Crippen molar-refractivity contribution in [2.24, 2.45) is 0 Å². The van der Waals surface area contributed by atoms with Crippen LogP contribution in [0.1, 0.15) is 25.0 Å². The molecule has 0 saturated heterocycles. The summed E-state index contributed by atoms with van der Waals surface area (Å²) in [6.07, 6.45) is -0.402. The minimum absolute atomic E-state index is 0.0101. The summed E-state index contributed by atoms with van der Waals surface area (Å²) in [6, 6.07) is 4.92. The van der Waals surface area contributed by atoms with Crippen LogP contribution in [0.25, 0.3) is 5.57 Å². The highest BCUT2D eigenvalue weighted by Gasteiger charge is 2.33. The molecule has 0 aliphatic carbocycles. The number of allylic oxidation sites excluding steroid dienone is 1. The molecule has 0 unspecified atom stereocenters. The Balaban J connectivity index is 2.09. The van der Waals surface area contributed by atoms with Gasteiger partial charge >= 0.3 is 6.18 Å². The minimum atomic E-state index is -4.47. The van der Waals surface area contributed by atoms with Gasteiger partial charge in [0.1, 0.15) is 12.7 Å². The van der Waals surface area contributed by atoms with E-state index in [1.54, 1.807) is 11.6 Å². The highest BCUT2D eigenvalue weighted by Crippen LogP contribution is 2.34. The molecule has 0 bridgehead atoms. The Morgan fingerprint density at radius 1 is 1.38 bits per heavy atom. The van der Waals surface area contributed by atoms with E-state index in [-0.39, 0.29) is 17.2 Å². The van der Waals surface area contributed by atoms with Crippen LogP contribution in [0.3, 0.4) is 0 Å². The summed E-state index contributed by atoms with van der Waals surface area (Å²) in [7, 11) is 0. The highest BCUT2D eigenvalue weighted by molar-refractivity contribution is 5.95. The second-order valence-corrected chi connectivity index (χ2v) is 5.40. The van der Waals surface area contributed by atoms with Crippen molar-refractivity contribution in [3.63, 3.8) is 0 Å². The molecular weight excluding hydrogens is 321 g/mol. The molecule has 5 nitrogen and oxygen atoms in total. The molecule has 1 N–H and O–H groups in total. The van der Waals surface area contributed by atoms with E-state index >= 15 is 0 Å². The Morgan fingerprint density at radius 3 is 2.71 bits per heavy atom. The largest absolute Gasteiger partial charge is 0.416 e. The van der Waals surface area contributed by atoms with E-state index < -0.39 is 17.6 Å². The molecule has 1 aromatic heterocycles. The summed E-state index contributed by atoms with van der Waals surface area (Å²) in [5.74, 6) is -0.461. The molecule has 2 aromatic rings. The SMILES string of the molecule is C/C(=C\C(=O)N[C@@H](C)Cn1cncn1)c1ccccc1C(F)(F)F. The van der Waals surface area contributed by atoms with E-state index in [2.05, 4.69) is 15.4 Å². The van der Waals surface area contributed by atoms with Gasteiger partial charge < -0.3 is 5.32 Å². The summed E-state index contributed by atoms with van der Waals surface area (Å²) in [6.45, 7) is 3.66. The Labute approximate surface area is 137 Å². The second-order valence-electron chi connectivity index (χ2n) is 5.40. The molecule has 8 heteroatoms. The Kier molecular flexibility index (Phi) is 5.38. The van der Waals surface area contributed by atoms with Crippen LogP contribution in [0.5, 0.6) is 0 Å². The average molecular weight is 338 g/mol. The van der Waals surface area contributed by atoms with Gasteiger partial charge in [-0.2, -0.15) is 18.3 Å². The number of amides is 1. The quantitative estimate of drug-likeness (QED) is 0.853. The van der Waals surface area contributed by atoms with Crippen LogP contribution in [0.4, 0.5) is 13.2 Å². The lowest BCUT2D eigenvalue weighted by Gasteiger charge is -2.14. The third kappa shape index (κ3) is 4.68. The Bertz CT molecular complexity index is 723. The number of nitrogens with one attached hydrogen (secondary N) is 1. The van der Waals surface area contributed by atoms with Crippen LogP contribution in [-0.2, 0) is 17.5 Å². The van der Waals surface area contributed by atoms with E-state index in [9.17, 15) is 18.0 Å². The van der Waals surface area contributed by atoms with Crippen LogP contribution in [-0.4, -0.2) is 26.7 Å². The number of benzene rings is 1. The molecule has 0 spiro atoms. The molecule has 1 aromatic carbocycles. The average Bonchev–Trinajstić information content (AvgIpc) is 2.98. The van der Waals surface area contributed by atoms with Crippen LogP contribution >= 0.6 is 0 Å². The fraction of sp³-hybridized carbons (Fsp3) is 0.312. The molecule has 0 fully saturated rings. The van der Waals surface area contributed by atoms with Gasteiger partial charge in [-0.1, -0.05) is 18.2 Å². The first-order valence-electron chi connectivity index (χ1n) is 7.25. The summed E-state index contributed by atoms with van der Waals surface area (Å²) < 4.78 is 40.6. The van der Waals surface area contributed by atoms with Gasteiger partial charge in [0, 0.05) is 12.1 Å². The first kappa shape index (κ1) is 17.7. The molecule has 0 radical (unpaired) electrons. The third-order valence-corrected chi connectivity index (χ3v) is 3.32. The first-order valence-corrected chi connectivity index (χ1v) is 7.25. The van der Waals surface area contributed by atoms with Crippen LogP contribution in [0, 0.1) is 0 Å². The van der Waals surface area contributed by atoms with E-state index in [1.807, 2.05) is 0 Å². The smallest absolute Gasteiger partial charge is 0.348 e. The second kappa shape index (κ2) is 7.29. The van der Waals surface area contributed by atoms with Gasteiger partial charge in [-0.05, 0) is 31.1 Å². The van der Waals surface area contributed by atoms with Gasteiger partial charge in [0.2, 0.25) is 5.91 Å². The summed E-state index contributed by atoms with van der Waals surface area (Å²) in [4.78, 5) is 15.8. The first-order chi connectivity index (χ1) is 11.3. The van der Waals surface area contributed by atoms with Gasteiger partial charge in [0.05, 0.1) is 12.1 Å². The lowest BCUT2D eigenvalue weighted by molar-refractivity contribution is -0.137. The summed E-state index contributed by atoms with van der Waals surface area (Å²) in [5, 5.41) is 6.62. The van der Waals surface area contributed by atoms with Gasteiger partial charge in [-0.25, -0.2) is 4.98 Å². The van der Waals surface area contributed by atoms with Crippen molar-refractivity contribution in [1.29, 1.82) is 0 Å². The highest BCUT2D eigenvalue weighted by atomic mass is 19.4. The van der Waals surface area contributed by atoms with Crippen LogP contribution in [0.2, 0.25) is 0 Å². The van der Waals surface area contributed by atoms with Crippen molar-refractivity contribution >= 4 is 11.5 Å².